The summed E-state index contributed by atoms with van der Waals surface area (Å²) in [6, 6.07) is 59.9. The van der Waals surface area contributed by atoms with E-state index in [4.69, 9.17) is 38.9 Å². The molecule has 20 aromatic rings. The van der Waals surface area contributed by atoms with Crippen molar-refractivity contribution < 1.29 is 51.8 Å². The zero-order chi connectivity index (χ0) is 104. The Balaban J connectivity index is 0.000000130. The van der Waals surface area contributed by atoms with Crippen LogP contribution >= 0.6 is 0 Å². The molecule has 0 bridgehead atoms. The maximum absolute atomic E-state index is 9.04. The number of hydrogen-bond donors (Lipinski definition) is 0. The van der Waals surface area contributed by atoms with Crippen molar-refractivity contribution in [2.75, 3.05) is 0 Å². The molecule has 15 heteroatoms. The molecule has 20 rings (SSSR count). The van der Waals surface area contributed by atoms with E-state index in [0.717, 1.165) is 224 Å². The molecule has 0 unspecified atom stereocenters. The van der Waals surface area contributed by atoms with Gasteiger partial charge < -0.3 is 22.1 Å². The van der Waals surface area contributed by atoms with Gasteiger partial charge in [-0.15, -0.1) is 0 Å². The minimum absolute atomic E-state index is 0.231. The van der Waals surface area contributed by atoms with Crippen LogP contribution in [0.25, 0.3) is 167 Å². The van der Waals surface area contributed by atoms with Crippen LogP contribution in [-0.4, -0.2) is 24.9 Å². The van der Waals surface area contributed by atoms with Gasteiger partial charge in [-0.25, -0.2) is 47.8 Å². The largest absolute Gasteiger partial charge is 0.437 e. The van der Waals surface area contributed by atoms with Crippen molar-refractivity contribution in [2.24, 2.45) is 35.2 Å². The van der Waals surface area contributed by atoms with Gasteiger partial charge in [0.25, 0.3) is 0 Å². The van der Waals surface area contributed by atoms with Crippen LogP contribution in [0.2, 0.25) is 0 Å². The number of fused-ring (bicyclic) bond motifs is 15. The van der Waals surface area contributed by atoms with Crippen LogP contribution in [0.3, 0.4) is 0 Å². The minimum Gasteiger partial charge on any atom is -0.437 e. The molecule has 0 aliphatic carbocycles. The topological polar surface area (TPSA) is 150 Å². The van der Waals surface area contributed by atoms with E-state index in [1.807, 2.05) is 96.6 Å². The number of hydrogen-bond acceptors (Lipinski definition) is 10. The molecule has 720 valence electrons. The molecule has 15 nitrogen and oxygen atoms in total. The number of aryl methyl sites for hydroxylation is 16. The number of nitrogens with zero attached hydrogens (tertiary/aromatic N) is 10. The van der Waals surface area contributed by atoms with E-state index in [9.17, 15) is 0 Å². The molecule has 0 saturated heterocycles. The molecule has 140 heavy (non-hydrogen) atoms. The molecule has 0 amide bonds. The third-order valence-corrected chi connectivity index (χ3v) is 29.4. The number of furan rings is 5. The fourth-order valence-corrected chi connectivity index (χ4v) is 21.0. The Labute approximate surface area is 834 Å². The normalized spacial score (nSPS) is 12.6. The lowest BCUT2D eigenvalue weighted by atomic mass is 9.89. The summed E-state index contributed by atoms with van der Waals surface area (Å²) in [6.45, 7) is 44.6. The third kappa shape index (κ3) is 19.4. The fraction of sp³-hybridized carbons (Fsp3) is 0.360. The Morgan fingerprint density at radius 2 is 0.571 bits per heavy atom. The van der Waals surface area contributed by atoms with E-state index in [1.54, 1.807) is 6.20 Å². The smallest absolute Gasteiger partial charge is 0.227 e. The summed E-state index contributed by atoms with van der Waals surface area (Å²) in [5, 5.41) is 10.7. The van der Waals surface area contributed by atoms with Gasteiger partial charge in [-0.2, -0.15) is 0 Å². The van der Waals surface area contributed by atoms with E-state index >= 15 is 0 Å². The summed E-state index contributed by atoms with van der Waals surface area (Å²) in [7, 11) is 10.2. The summed E-state index contributed by atoms with van der Waals surface area (Å²) in [4.78, 5) is 23.3. The van der Waals surface area contributed by atoms with Crippen LogP contribution in [-0.2, 0) is 41.7 Å². The SMILES string of the molecule is CCC(CC)c1cc(-c2c(C)ccc3c2oc2nc(C)ccc23)[n+](C)cc1C.CCC(CC)c1cc[n+](C)c(-c2c(C)ccc3c2oc2nc(C(C)C)ccc23)c1.CCc1ccc2c(n1)oc1c(-c3cc(C(CC)CC)cc[n+]3C)c(C)ccc12.[2H]C(CC)(CC)c1cc[n+](C)c(-c2c(C)ccc3c2oc2nc(C)ccc23)c1.[2H]C([2H])([2H])c1c[n+](C)c(-c2c(C)ccc3c2oc2nc(C)ccc23)cc1C([2H])(CC)CC. The van der Waals surface area contributed by atoms with Crippen LogP contribution in [0.4, 0.5) is 0 Å². The summed E-state index contributed by atoms with van der Waals surface area (Å²) in [6.07, 6.45) is 20.8. The second-order valence-electron chi connectivity index (χ2n) is 38.8. The predicted molar refractivity (Wildman–Crippen MR) is 578 cm³/mol. The summed E-state index contributed by atoms with van der Waals surface area (Å²) in [5.41, 5.74) is 37.0. The third-order valence-electron chi connectivity index (χ3n) is 29.4. The van der Waals surface area contributed by atoms with Crippen LogP contribution in [0.5, 0.6) is 0 Å². The second-order valence-corrected chi connectivity index (χ2v) is 38.8. The molecule has 15 aromatic heterocycles. The Morgan fingerprint density at radius 3 is 0.900 bits per heavy atom. The quantitative estimate of drug-likeness (QED) is 0.0600. The van der Waals surface area contributed by atoms with E-state index in [-0.39, 0.29) is 5.56 Å². The monoisotopic (exact) mass is 1870 g/mol. The van der Waals surface area contributed by atoms with E-state index in [2.05, 4.69) is 323 Å². The number of benzene rings is 5. The van der Waals surface area contributed by atoms with Crippen molar-refractivity contribution in [3.63, 3.8) is 0 Å². The Hall–Kier alpha value is -13.4. The summed E-state index contributed by atoms with van der Waals surface area (Å²) < 4.78 is 84.3. The zero-order valence-corrected chi connectivity index (χ0v) is 87.7. The Kier molecular flexibility index (Phi) is 28.1. The van der Waals surface area contributed by atoms with Crippen molar-refractivity contribution in [3.05, 3.63) is 296 Å². The lowest BCUT2D eigenvalue weighted by Gasteiger charge is -2.16. The van der Waals surface area contributed by atoms with Crippen LogP contribution in [0.1, 0.15) is 292 Å². The van der Waals surface area contributed by atoms with Crippen molar-refractivity contribution in [1.82, 2.24) is 24.9 Å². The van der Waals surface area contributed by atoms with Gasteiger partial charge in [-0.3, -0.25) is 0 Å². The molecule has 0 aliphatic heterocycles. The first-order valence-corrected chi connectivity index (χ1v) is 50.9. The van der Waals surface area contributed by atoms with Crippen molar-refractivity contribution in [3.8, 4) is 56.3 Å². The van der Waals surface area contributed by atoms with Gasteiger partial charge in [0.15, 0.2) is 58.9 Å². The number of pyridine rings is 10. The molecule has 0 aliphatic rings. The molecular formula is C125H145N10O5+5. The first-order chi connectivity index (χ1) is 69.3. The van der Waals surface area contributed by atoms with Gasteiger partial charge in [0.2, 0.25) is 57.0 Å². The minimum atomic E-state index is -2.30. The average Bonchev–Trinajstić information content (AvgIpc) is 1.69. The van der Waals surface area contributed by atoms with Gasteiger partial charge in [0.05, 0.1) is 27.8 Å². The van der Waals surface area contributed by atoms with Gasteiger partial charge in [0.1, 0.15) is 35.2 Å². The highest BCUT2D eigenvalue weighted by atomic mass is 16.4. The van der Waals surface area contributed by atoms with Crippen molar-refractivity contribution >= 4 is 110 Å². The van der Waals surface area contributed by atoms with Crippen molar-refractivity contribution in [2.45, 2.75) is 265 Å². The van der Waals surface area contributed by atoms with E-state index < -0.39 is 18.6 Å². The van der Waals surface area contributed by atoms with E-state index in [1.165, 1.54) is 72.7 Å². The molecule has 5 aromatic carbocycles. The van der Waals surface area contributed by atoms with Gasteiger partial charge in [-0.05, 0) is 292 Å². The highest BCUT2D eigenvalue weighted by Gasteiger charge is 2.32. The molecule has 0 spiro atoms. The standard InChI is InChI=1S/C26H31N2O.3C25H29N2O.C24H27N2O/c1-7-18(8-2)19-13-14-28(6)23(15-19)24-17(5)9-10-20-21-11-12-22(16(3)4)27-26(21)29-25(20)24;2*1-7-18(8-2)21-13-22(27(6)14-16(21)4)23-15(3)9-11-19-20-12-10-17(5)26-25(20)28-24(19)23;1-6-17(7-2)18-13-14-27(5)22(15-18)23-16(4)9-11-20-21-12-10-19(8-3)26-25(21)28-24(20)23;1-6-17(7-2)18-12-13-26(5)21(14-18)22-15(3)8-10-19-20-11-9-16(4)25-24(20)27-23(19)22/h9-16,18H,7-8H2,1-6H3;2*9-14,18H,7-8H2,1-6H3;9-15,17H,6-8H2,1-5H3;8-14,17H,6-7H2,1-5H3/q5*+1/i;4D3,18D;;;17D. The van der Waals surface area contributed by atoms with Crippen LogP contribution < -0.4 is 22.8 Å². The van der Waals surface area contributed by atoms with Gasteiger partial charge in [0, 0.05) is 149 Å². The zero-order valence-electron chi connectivity index (χ0n) is 92.7. The van der Waals surface area contributed by atoms with Crippen LogP contribution in [0, 0.1) is 69.2 Å². The van der Waals surface area contributed by atoms with Crippen molar-refractivity contribution in [1.29, 1.82) is 0 Å². The Bertz CT molecular complexity index is 8280. The highest BCUT2D eigenvalue weighted by molar-refractivity contribution is 6.13. The molecular weight excluding hydrogens is 1720 g/mol. The number of aromatic nitrogens is 10. The molecule has 0 fully saturated rings. The lowest BCUT2D eigenvalue weighted by Crippen LogP contribution is -2.32. The highest BCUT2D eigenvalue weighted by Crippen LogP contribution is 2.46. The van der Waals surface area contributed by atoms with E-state index in [0.29, 0.717) is 53.5 Å². The fourth-order valence-electron chi connectivity index (χ4n) is 21.0. The molecule has 0 radical (unpaired) electrons. The van der Waals surface area contributed by atoms with Crippen LogP contribution in [0.15, 0.2) is 223 Å². The molecule has 15 heterocycles. The first-order valence-electron chi connectivity index (χ1n) is 53.4. The molecule has 0 saturated carbocycles. The first kappa shape index (κ1) is 92.9. The maximum atomic E-state index is 9.04. The Morgan fingerprint density at radius 1 is 0.279 bits per heavy atom. The summed E-state index contributed by atoms with van der Waals surface area (Å²) in [5.74, 6) is 0.574. The second kappa shape index (κ2) is 42.3. The maximum Gasteiger partial charge on any atom is 0.227 e. The summed E-state index contributed by atoms with van der Waals surface area (Å²) >= 11 is 0. The average molecular weight is 1870 g/mol. The van der Waals surface area contributed by atoms with Gasteiger partial charge >= 0.3 is 0 Å². The number of rotatable bonds is 22. The predicted octanol–water partition coefficient (Wildman–Crippen LogP) is 31.7. The lowest BCUT2D eigenvalue weighted by molar-refractivity contribution is -0.660. The van der Waals surface area contributed by atoms with Gasteiger partial charge in [-0.1, -0.05) is 151 Å². The molecule has 0 atom stereocenters. The molecule has 0 N–H and O–H groups in total.